The van der Waals surface area contributed by atoms with E-state index in [1.165, 1.54) is 7.11 Å². The molecule has 0 heterocycles. The van der Waals surface area contributed by atoms with Crippen molar-refractivity contribution in [2.45, 2.75) is 39.0 Å². The number of hydrogen-bond acceptors (Lipinski definition) is 8. The first-order valence-corrected chi connectivity index (χ1v) is 9.39. The van der Waals surface area contributed by atoms with Gasteiger partial charge in [-0.05, 0) is 26.3 Å². The Balaban J connectivity index is 2.28. The molecular weight excluding hydrogens is 378 g/mol. The maximum Gasteiger partial charge on any atom is 0.408 e. The fourth-order valence-electron chi connectivity index (χ4n) is 2.23. The van der Waals surface area contributed by atoms with Gasteiger partial charge in [0.25, 0.3) is 0 Å². The number of benzene rings is 1. The van der Waals surface area contributed by atoms with Gasteiger partial charge in [-0.15, -0.1) is 0 Å². The van der Waals surface area contributed by atoms with Gasteiger partial charge in [0.2, 0.25) is 0 Å². The molecule has 9 nitrogen and oxygen atoms in total. The quantitative estimate of drug-likeness (QED) is 0.281. The third-order valence-corrected chi connectivity index (χ3v) is 3.51. The SMILES string of the molecule is COC(=O)[C@H](CNCCNCC(=O)OC(C)(C)C)NC(=O)OCc1ccccc1. The van der Waals surface area contributed by atoms with Gasteiger partial charge in [0.1, 0.15) is 18.2 Å². The maximum atomic E-state index is 11.9. The van der Waals surface area contributed by atoms with Crippen molar-refractivity contribution < 1.29 is 28.6 Å². The number of ether oxygens (including phenoxy) is 3. The second kappa shape index (κ2) is 12.7. The molecular formula is C20H31N3O6. The van der Waals surface area contributed by atoms with Crippen molar-refractivity contribution in [1.82, 2.24) is 16.0 Å². The molecule has 0 spiro atoms. The lowest BCUT2D eigenvalue weighted by Crippen LogP contribution is -2.48. The Morgan fingerprint density at radius 3 is 2.31 bits per heavy atom. The van der Waals surface area contributed by atoms with E-state index in [1.54, 1.807) is 20.8 Å². The molecule has 0 aromatic heterocycles. The van der Waals surface area contributed by atoms with Gasteiger partial charge in [0.05, 0.1) is 13.7 Å². The summed E-state index contributed by atoms with van der Waals surface area (Å²) in [5.74, 6) is -0.927. The summed E-state index contributed by atoms with van der Waals surface area (Å²) in [7, 11) is 1.24. The van der Waals surface area contributed by atoms with Gasteiger partial charge < -0.3 is 30.2 Å². The molecule has 0 bridgehead atoms. The van der Waals surface area contributed by atoms with Crippen molar-refractivity contribution in [3.8, 4) is 0 Å². The van der Waals surface area contributed by atoms with E-state index >= 15 is 0 Å². The third-order valence-electron chi connectivity index (χ3n) is 3.51. The van der Waals surface area contributed by atoms with Gasteiger partial charge in [-0.2, -0.15) is 0 Å². The zero-order chi connectivity index (χ0) is 21.7. The molecule has 0 saturated carbocycles. The molecule has 162 valence electrons. The zero-order valence-corrected chi connectivity index (χ0v) is 17.4. The number of nitrogens with one attached hydrogen (secondary N) is 3. The maximum absolute atomic E-state index is 11.9. The van der Waals surface area contributed by atoms with E-state index in [0.29, 0.717) is 13.1 Å². The third kappa shape index (κ3) is 11.7. The Bertz CT molecular complexity index is 645. The number of amides is 1. The van der Waals surface area contributed by atoms with E-state index in [0.717, 1.165) is 5.56 Å². The average Bonchev–Trinajstić information content (AvgIpc) is 2.66. The number of hydrogen-bond donors (Lipinski definition) is 3. The lowest BCUT2D eigenvalue weighted by atomic mass is 10.2. The number of methoxy groups -OCH3 is 1. The molecule has 1 amide bonds. The molecule has 9 heteroatoms. The molecule has 0 aliphatic heterocycles. The molecule has 0 aliphatic rings. The monoisotopic (exact) mass is 409 g/mol. The minimum Gasteiger partial charge on any atom is -0.467 e. The first kappa shape index (κ1) is 24.4. The number of carbonyl (C=O) groups excluding carboxylic acids is 3. The molecule has 0 saturated heterocycles. The number of alkyl carbamates (subject to hydrolysis) is 1. The summed E-state index contributed by atoms with van der Waals surface area (Å²) in [6, 6.07) is 8.32. The van der Waals surface area contributed by atoms with Crippen LogP contribution in [0.2, 0.25) is 0 Å². The fourth-order valence-corrected chi connectivity index (χ4v) is 2.23. The number of carbonyl (C=O) groups is 3. The fraction of sp³-hybridized carbons (Fsp3) is 0.550. The largest absolute Gasteiger partial charge is 0.467 e. The summed E-state index contributed by atoms with van der Waals surface area (Å²) in [5, 5.41) is 8.43. The molecule has 0 radical (unpaired) electrons. The lowest BCUT2D eigenvalue weighted by molar-refractivity contribution is -0.153. The van der Waals surface area contributed by atoms with Crippen LogP contribution < -0.4 is 16.0 Å². The topological polar surface area (TPSA) is 115 Å². The van der Waals surface area contributed by atoms with Crippen LogP contribution in [-0.4, -0.2) is 63.0 Å². The van der Waals surface area contributed by atoms with Crippen molar-refractivity contribution in [3.05, 3.63) is 35.9 Å². The van der Waals surface area contributed by atoms with Crippen LogP contribution in [0.15, 0.2) is 30.3 Å². The van der Waals surface area contributed by atoms with Gasteiger partial charge in [-0.25, -0.2) is 9.59 Å². The van der Waals surface area contributed by atoms with E-state index in [-0.39, 0.29) is 25.7 Å². The molecule has 1 rings (SSSR count). The molecule has 1 aromatic carbocycles. The normalized spacial score (nSPS) is 12.0. The summed E-state index contributed by atoms with van der Waals surface area (Å²) in [5.41, 5.74) is 0.317. The van der Waals surface area contributed by atoms with E-state index in [2.05, 4.69) is 16.0 Å². The Hall–Kier alpha value is -2.65. The Kier molecular flexibility index (Phi) is 10.7. The highest BCUT2D eigenvalue weighted by Gasteiger charge is 2.22. The van der Waals surface area contributed by atoms with Gasteiger partial charge >= 0.3 is 18.0 Å². The van der Waals surface area contributed by atoms with Crippen LogP contribution in [0.4, 0.5) is 4.79 Å². The summed E-state index contributed by atoms with van der Waals surface area (Å²) in [6.45, 7) is 6.70. The van der Waals surface area contributed by atoms with E-state index in [1.807, 2.05) is 30.3 Å². The van der Waals surface area contributed by atoms with Crippen LogP contribution in [0.1, 0.15) is 26.3 Å². The molecule has 1 atom stereocenters. The summed E-state index contributed by atoms with van der Waals surface area (Å²) < 4.78 is 15.0. The van der Waals surface area contributed by atoms with Crippen LogP contribution in [0.25, 0.3) is 0 Å². The highest BCUT2D eigenvalue weighted by Crippen LogP contribution is 2.06. The van der Waals surface area contributed by atoms with Gasteiger partial charge in [0.15, 0.2) is 0 Å². The van der Waals surface area contributed by atoms with Crippen LogP contribution in [0.5, 0.6) is 0 Å². The minimum atomic E-state index is -0.894. The minimum absolute atomic E-state index is 0.0867. The summed E-state index contributed by atoms with van der Waals surface area (Å²) in [4.78, 5) is 35.4. The van der Waals surface area contributed by atoms with Crippen molar-refractivity contribution >= 4 is 18.0 Å². The molecule has 3 N–H and O–H groups in total. The van der Waals surface area contributed by atoms with Crippen LogP contribution >= 0.6 is 0 Å². The highest BCUT2D eigenvalue weighted by atomic mass is 16.6. The van der Waals surface area contributed by atoms with Gasteiger partial charge in [0, 0.05) is 19.6 Å². The Morgan fingerprint density at radius 2 is 1.69 bits per heavy atom. The van der Waals surface area contributed by atoms with Gasteiger partial charge in [-0.3, -0.25) is 4.79 Å². The first-order chi connectivity index (χ1) is 13.7. The highest BCUT2D eigenvalue weighted by molar-refractivity contribution is 5.81. The summed E-state index contributed by atoms with van der Waals surface area (Å²) >= 11 is 0. The predicted octanol–water partition coefficient (Wildman–Crippen LogP) is 0.975. The van der Waals surface area contributed by atoms with Crippen molar-refractivity contribution in [2.24, 2.45) is 0 Å². The van der Waals surface area contributed by atoms with Crippen molar-refractivity contribution in [3.63, 3.8) is 0 Å². The number of esters is 2. The first-order valence-electron chi connectivity index (χ1n) is 9.39. The molecule has 0 aliphatic carbocycles. The zero-order valence-electron chi connectivity index (χ0n) is 17.4. The second-order valence-corrected chi connectivity index (χ2v) is 7.25. The van der Waals surface area contributed by atoms with Crippen molar-refractivity contribution in [2.75, 3.05) is 33.3 Å². The molecule has 0 unspecified atom stereocenters. The number of rotatable bonds is 11. The van der Waals surface area contributed by atoms with Crippen LogP contribution in [-0.2, 0) is 30.4 Å². The standard InChI is InChI=1S/C20H31N3O6/c1-20(2,3)29-17(24)13-22-11-10-21-12-16(18(25)27-4)23-19(26)28-14-15-8-6-5-7-9-15/h5-9,16,21-22H,10-14H2,1-4H3,(H,23,26)/t16-/m0/s1. The van der Waals surface area contributed by atoms with E-state index < -0.39 is 23.7 Å². The van der Waals surface area contributed by atoms with Gasteiger partial charge in [-0.1, -0.05) is 30.3 Å². The Labute approximate surface area is 171 Å². The Morgan fingerprint density at radius 1 is 1.03 bits per heavy atom. The van der Waals surface area contributed by atoms with Crippen molar-refractivity contribution in [1.29, 1.82) is 0 Å². The molecule has 0 fully saturated rings. The smallest absolute Gasteiger partial charge is 0.408 e. The van der Waals surface area contributed by atoms with Crippen LogP contribution in [0.3, 0.4) is 0 Å². The van der Waals surface area contributed by atoms with E-state index in [9.17, 15) is 14.4 Å². The second-order valence-electron chi connectivity index (χ2n) is 7.25. The molecule has 1 aromatic rings. The summed E-state index contributed by atoms with van der Waals surface area (Å²) in [6.07, 6.45) is -0.714. The van der Waals surface area contributed by atoms with E-state index in [4.69, 9.17) is 14.2 Å². The molecule has 29 heavy (non-hydrogen) atoms. The van der Waals surface area contributed by atoms with Crippen LogP contribution in [0, 0.1) is 0 Å². The average molecular weight is 409 g/mol. The lowest BCUT2D eigenvalue weighted by Gasteiger charge is -2.19. The predicted molar refractivity (Wildman–Crippen MR) is 107 cm³/mol.